The van der Waals surface area contributed by atoms with E-state index in [0.29, 0.717) is 30.1 Å². The van der Waals surface area contributed by atoms with Gasteiger partial charge in [-0.3, -0.25) is 0 Å². The van der Waals surface area contributed by atoms with Crippen LogP contribution in [0.2, 0.25) is 5.02 Å². The lowest BCUT2D eigenvalue weighted by Gasteiger charge is -2.15. The van der Waals surface area contributed by atoms with Gasteiger partial charge in [0, 0.05) is 17.2 Å². The Labute approximate surface area is 133 Å². The summed E-state index contributed by atoms with van der Waals surface area (Å²) >= 11 is 5.96. The molecular weight excluding hydrogens is 306 g/mol. The van der Waals surface area contributed by atoms with Crippen LogP contribution in [0.4, 0.5) is 6.01 Å². The van der Waals surface area contributed by atoms with Crippen LogP contribution in [0.15, 0.2) is 28.8 Å². The second-order valence-electron chi connectivity index (χ2n) is 5.30. The molecular formula is C15H18ClN3O3. The second kappa shape index (κ2) is 7.09. The molecule has 2 unspecified atom stereocenters. The molecule has 0 amide bonds. The number of rotatable bonds is 6. The number of halogens is 1. The summed E-state index contributed by atoms with van der Waals surface area (Å²) in [6.07, 6.45) is 1.14. The lowest BCUT2D eigenvalue weighted by molar-refractivity contribution is 0.0392. The molecule has 1 aliphatic heterocycles. The third-order valence-electron chi connectivity index (χ3n) is 3.35. The maximum absolute atomic E-state index is 5.96. The Morgan fingerprint density at radius 2 is 2.41 bits per heavy atom. The van der Waals surface area contributed by atoms with Crippen molar-refractivity contribution in [2.45, 2.75) is 25.5 Å². The van der Waals surface area contributed by atoms with Crippen LogP contribution in [0.5, 0.6) is 0 Å². The molecule has 3 rings (SSSR count). The number of nitrogens with zero attached hydrogens (tertiary/aromatic N) is 2. The first-order chi connectivity index (χ1) is 10.7. The molecule has 0 radical (unpaired) electrons. The van der Waals surface area contributed by atoms with Crippen LogP contribution in [-0.2, 0) is 9.47 Å². The van der Waals surface area contributed by atoms with Crippen molar-refractivity contribution in [2.24, 2.45) is 0 Å². The molecule has 7 heteroatoms. The van der Waals surface area contributed by atoms with Crippen LogP contribution >= 0.6 is 11.6 Å². The molecule has 1 aliphatic rings. The van der Waals surface area contributed by atoms with Crippen molar-refractivity contribution in [1.29, 1.82) is 0 Å². The Hall–Kier alpha value is -1.63. The number of hydrogen-bond donors (Lipinski definition) is 1. The number of aromatic nitrogens is 2. The van der Waals surface area contributed by atoms with E-state index < -0.39 is 0 Å². The number of benzene rings is 1. The van der Waals surface area contributed by atoms with Gasteiger partial charge in [0.15, 0.2) is 0 Å². The molecule has 0 saturated carbocycles. The molecule has 6 nitrogen and oxygen atoms in total. The maximum Gasteiger partial charge on any atom is 0.322 e. The van der Waals surface area contributed by atoms with Crippen molar-refractivity contribution in [3.63, 3.8) is 0 Å². The van der Waals surface area contributed by atoms with Crippen molar-refractivity contribution in [2.75, 3.05) is 25.1 Å². The van der Waals surface area contributed by atoms with Gasteiger partial charge in [0.25, 0.3) is 0 Å². The highest BCUT2D eigenvalue weighted by Gasteiger charge is 2.18. The molecule has 2 aromatic rings. The lowest BCUT2D eigenvalue weighted by atomic mass is 10.2. The van der Waals surface area contributed by atoms with Gasteiger partial charge < -0.3 is 19.3 Å². The molecule has 1 N–H and O–H groups in total. The first-order valence-corrected chi connectivity index (χ1v) is 7.64. The van der Waals surface area contributed by atoms with Gasteiger partial charge in [-0.1, -0.05) is 28.9 Å². The predicted octanol–water partition coefficient (Wildman–Crippen LogP) is 3.00. The molecule has 0 aliphatic carbocycles. The highest BCUT2D eigenvalue weighted by Crippen LogP contribution is 2.21. The van der Waals surface area contributed by atoms with Crippen molar-refractivity contribution < 1.29 is 14.0 Å². The summed E-state index contributed by atoms with van der Waals surface area (Å²) in [5.41, 5.74) is 0.816. The van der Waals surface area contributed by atoms with Gasteiger partial charge >= 0.3 is 6.01 Å². The summed E-state index contributed by atoms with van der Waals surface area (Å²) in [6.45, 7) is 4.01. The zero-order valence-electron chi connectivity index (χ0n) is 12.3. The van der Waals surface area contributed by atoms with Crippen molar-refractivity contribution in [3.05, 3.63) is 29.3 Å². The van der Waals surface area contributed by atoms with E-state index in [9.17, 15) is 0 Å². The summed E-state index contributed by atoms with van der Waals surface area (Å²) in [5.74, 6) is 0.502. The molecule has 1 saturated heterocycles. The Kier molecular flexibility index (Phi) is 4.92. The van der Waals surface area contributed by atoms with E-state index in [1.807, 2.05) is 19.1 Å². The minimum Gasteiger partial charge on any atom is -0.379 e. The van der Waals surface area contributed by atoms with E-state index in [1.165, 1.54) is 0 Å². The molecule has 0 bridgehead atoms. The summed E-state index contributed by atoms with van der Waals surface area (Å²) < 4.78 is 16.2. The minimum absolute atomic E-state index is 0.0632. The summed E-state index contributed by atoms with van der Waals surface area (Å²) in [7, 11) is 0. The average Bonchev–Trinajstić information content (AvgIpc) is 3.16. The van der Waals surface area contributed by atoms with Gasteiger partial charge in [0.1, 0.15) is 0 Å². The Bertz CT molecular complexity index is 614. The number of hydrogen-bond acceptors (Lipinski definition) is 6. The highest BCUT2D eigenvalue weighted by atomic mass is 35.5. The van der Waals surface area contributed by atoms with Gasteiger partial charge in [0.05, 0.1) is 25.4 Å². The van der Waals surface area contributed by atoms with Gasteiger partial charge in [-0.05, 0) is 25.5 Å². The molecule has 2 atom stereocenters. The molecule has 0 spiro atoms. The summed E-state index contributed by atoms with van der Waals surface area (Å²) in [6, 6.07) is 7.76. The fourth-order valence-corrected chi connectivity index (χ4v) is 2.39. The van der Waals surface area contributed by atoms with E-state index in [-0.39, 0.29) is 12.1 Å². The molecule has 1 aromatic carbocycles. The van der Waals surface area contributed by atoms with E-state index in [4.69, 9.17) is 25.6 Å². The van der Waals surface area contributed by atoms with Gasteiger partial charge in [-0.25, -0.2) is 0 Å². The van der Waals surface area contributed by atoms with E-state index in [1.54, 1.807) is 12.1 Å². The lowest BCUT2D eigenvalue weighted by Crippen LogP contribution is -2.26. The largest absolute Gasteiger partial charge is 0.379 e. The average molecular weight is 324 g/mol. The van der Waals surface area contributed by atoms with Crippen LogP contribution < -0.4 is 5.32 Å². The van der Waals surface area contributed by atoms with Crippen molar-refractivity contribution in [3.8, 4) is 11.4 Å². The van der Waals surface area contributed by atoms with Crippen LogP contribution in [0.3, 0.4) is 0 Å². The minimum atomic E-state index is 0.0632. The van der Waals surface area contributed by atoms with Crippen LogP contribution in [0.25, 0.3) is 11.4 Å². The molecule has 1 fully saturated rings. The monoisotopic (exact) mass is 323 g/mol. The maximum atomic E-state index is 5.96. The summed E-state index contributed by atoms with van der Waals surface area (Å²) in [4.78, 5) is 4.31. The van der Waals surface area contributed by atoms with Gasteiger partial charge in [-0.15, -0.1) is 0 Å². The van der Waals surface area contributed by atoms with E-state index in [0.717, 1.165) is 18.6 Å². The fraction of sp³-hybridized carbons (Fsp3) is 0.467. The van der Waals surface area contributed by atoms with Gasteiger partial charge in [-0.2, -0.15) is 4.98 Å². The SMILES string of the molecule is CC(COC1CCOC1)Nc1nc(-c2cccc(Cl)c2)no1. The van der Waals surface area contributed by atoms with E-state index >= 15 is 0 Å². The van der Waals surface area contributed by atoms with Crippen LogP contribution in [0.1, 0.15) is 13.3 Å². The van der Waals surface area contributed by atoms with Crippen molar-refractivity contribution >= 4 is 17.6 Å². The first-order valence-electron chi connectivity index (χ1n) is 7.26. The zero-order valence-corrected chi connectivity index (χ0v) is 13.0. The first kappa shape index (κ1) is 15.3. The number of anilines is 1. The van der Waals surface area contributed by atoms with Crippen LogP contribution in [0, 0.1) is 0 Å². The Morgan fingerprint density at radius 1 is 1.50 bits per heavy atom. The smallest absolute Gasteiger partial charge is 0.322 e. The van der Waals surface area contributed by atoms with E-state index in [2.05, 4.69) is 15.5 Å². The summed E-state index contributed by atoms with van der Waals surface area (Å²) in [5, 5.41) is 7.72. The second-order valence-corrected chi connectivity index (χ2v) is 5.73. The number of nitrogens with one attached hydrogen (secondary N) is 1. The normalized spacial score (nSPS) is 19.3. The van der Waals surface area contributed by atoms with Crippen LogP contribution in [-0.4, -0.2) is 42.1 Å². The topological polar surface area (TPSA) is 69.4 Å². The standard InChI is InChI=1S/C15H18ClN3O3/c1-10(8-21-13-5-6-20-9-13)17-15-18-14(19-22-15)11-3-2-4-12(16)7-11/h2-4,7,10,13H,5-6,8-9H2,1H3,(H,17,18,19). The fourth-order valence-electron chi connectivity index (χ4n) is 2.20. The molecule has 118 valence electrons. The Balaban J connectivity index is 1.54. The number of ether oxygens (including phenoxy) is 2. The Morgan fingerprint density at radius 3 is 3.18 bits per heavy atom. The molecule has 2 heterocycles. The molecule has 22 heavy (non-hydrogen) atoms. The van der Waals surface area contributed by atoms with Gasteiger partial charge in [0.2, 0.25) is 5.82 Å². The zero-order chi connectivity index (χ0) is 15.4. The third kappa shape index (κ3) is 3.97. The highest BCUT2D eigenvalue weighted by molar-refractivity contribution is 6.30. The third-order valence-corrected chi connectivity index (χ3v) is 3.58. The quantitative estimate of drug-likeness (QED) is 0.881. The predicted molar refractivity (Wildman–Crippen MR) is 83.0 cm³/mol. The molecule has 1 aromatic heterocycles. The van der Waals surface area contributed by atoms with Crippen molar-refractivity contribution in [1.82, 2.24) is 10.1 Å².